The normalized spacial score (nSPS) is 22.8. The number of likely N-dealkylation sites (tertiary alicyclic amines) is 1. The van der Waals surface area contributed by atoms with Crippen LogP contribution in [0.5, 0.6) is 5.88 Å². The van der Waals surface area contributed by atoms with Gasteiger partial charge in [0.05, 0.1) is 12.2 Å². The van der Waals surface area contributed by atoms with E-state index in [0.717, 1.165) is 43.2 Å². The monoisotopic (exact) mass is 345 g/mol. The Morgan fingerprint density at radius 3 is 2.60 bits per heavy atom. The molecule has 3 heterocycles. The minimum atomic E-state index is -0.861. The fourth-order valence-electron chi connectivity index (χ4n) is 4.42. The number of hydrogen-bond donors (Lipinski definition) is 1. The second-order valence-electron chi connectivity index (χ2n) is 7.50. The largest absolute Gasteiger partial charge is 0.474 e. The predicted molar refractivity (Wildman–Crippen MR) is 93.9 cm³/mol. The molecule has 0 unspecified atom stereocenters. The number of rotatable bonds is 3. The van der Waals surface area contributed by atoms with E-state index >= 15 is 0 Å². The molecule has 2 fully saturated rings. The molecular weight excluding hydrogens is 318 g/mol. The highest BCUT2D eigenvalue weighted by atomic mass is 16.5. The number of amides is 1. The second kappa shape index (κ2) is 7.20. The quantitative estimate of drug-likeness (QED) is 0.912. The van der Waals surface area contributed by atoms with Gasteiger partial charge in [-0.3, -0.25) is 0 Å². The molecule has 6 heteroatoms. The van der Waals surface area contributed by atoms with Crippen molar-refractivity contribution in [1.29, 1.82) is 0 Å². The SMILES string of the molecule is O=C(O)N1CCc2nc(OC3CCN(C4CCCC4)CC3)ccc2C1. The van der Waals surface area contributed by atoms with E-state index in [-0.39, 0.29) is 6.10 Å². The van der Waals surface area contributed by atoms with E-state index in [4.69, 9.17) is 9.84 Å². The zero-order chi connectivity index (χ0) is 17.2. The smallest absolute Gasteiger partial charge is 0.407 e. The first-order chi connectivity index (χ1) is 12.2. The highest BCUT2D eigenvalue weighted by molar-refractivity contribution is 5.65. The summed E-state index contributed by atoms with van der Waals surface area (Å²) in [5, 5.41) is 9.11. The lowest BCUT2D eigenvalue weighted by Gasteiger charge is -2.36. The van der Waals surface area contributed by atoms with Crippen LogP contribution in [0.3, 0.4) is 0 Å². The topological polar surface area (TPSA) is 65.9 Å². The molecule has 6 nitrogen and oxygen atoms in total. The summed E-state index contributed by atoms with van der Waals surface area (Å²) < 4.78 is 6.14. The van der Waals surface area contributed by atoms with Crippen molar-refractivity contribution >= 4 is 6.09 Å². The van der Waals surface area contributed by atoms with Crippen LogP contribution in [0.25, 0.3) is 0 Å². The van der Waals surface area contributed by atoms with E-state index in [1.165, 1.54) is 30.6 Å². The first-order valence-electron chi connectivity index (χ1n) is 9.56. The Morgan fingerprint density at radius 2 is 1.88 bits per heavy atom. The summed E-state index contributed by atoms with van der Waals surface area (Å²) in [7, 11) is 0. The number of carbonyl (C=O) groups is 1. The van der Waals surface area contributed by atoms with Crippen LogP contribution in [0.1, 0.15) is 49.8 Å². The molecule has 1 amide bonds. The van der Waals surface area contributed by atoms with Gasteiger partial charge in [0.25, 0.3) is 0 Å². The molecule has 0 radical (unpaired) electrons. The highest BCUT2D eigenvalue weighted by Gasteiger charge is 2.28. The molecule has 0 bridgehead atoms. The summed E-state index contributed by atoms with van der Waals surface area (Å²) >= 11 is 0. The number of fused-ring (bicyclic) bond motifs is 1. The van der Waals surface area contributed by atoms with E-state index in [9.17, 15) is 4.79 Å². The van der Waals surface area contributed by atoms with Crippen LogP contribution >= 0.6 is 0 Å². The van der Waals surface area contributed by atoms with Gasteiger partial charge in [0.1, 0.15) is 6.10 Å². The molecule has 0 atom stereocenters. The average Bonchev–Trinajstić information content (AvgIpc) is 3.16. The van der Waals surface area contributed by atoms with Crippen LogP contribution in [0.15, 0.2) is 12.1 Å². The minimum Gasteiger partial charge on any atom is -0.474 e. The van der Waals surface area contributed by atoms with Crippen molar-refractivity contribution < 1.29 is 14.6 Å². The van der Waals surface area contributed by atoms with Crippen LogP contribution in [0.2, 0.25) is 0 Å². The molecular formula is C19H27N3O3. The fraction of sp³-hybridized carbons (Fsp3) is 0.684. The molecule has 136 valence electrons. The lowest BCUT2D eigenvalue weighted by molar-refractivity contribution is 0.0738. The highest BCUT2D eigenvalue weighted by Crippen LogP contribution is 2.28. The molecule has 0 aromatic carbocycles. The Kier molecular flexibility index (Phi) is 4.79. The molecule has 25 heavy (non-hydrogen) atoms. The van der Waals surface area contributed by atoms with Crippen LogP contribution in [0, 0.1) is 0 Å². The molecule has 1 N–H and O–H groups in total. The van der Waals surface area contributed by atoms with Gasteiger partial charge in [0.15, 0.2) is 0 Å². The maximum Gasteiger partial charge on any atom is 0.407 e. The lowest BCUT2D eigenvalue weighted by atomic mass is 10.0. The van der Waals surface area contributed by atoms with Gasteiger partial charge in [0.2, 0.25) is 5.88 Å². The number of hydrogen-bond acceptors (Lipinski definition) is 4. The molecule has 3 aliphatic rings. The zero-order valence-electron chi connectivity index (χ0n) is 14.7. The van der Waals surface area contributed by atoms with Crippen LogP contribution in [-0.4, -0.2) is 57.8 Å². The van der Waals surface area contributed by atoms with Crippen molar-refractivity contribution in [3.8, 4) is 5.88 Å². The van der Waals surface area contributed by atoms with Crippen molar-refractivity contribution in [3.63, 3.8) is 0 Å². The molecule has 0 spiro atoms. The zero-order valence-corrected chi connectivity index (χ0v) is 14.7. The van der Waals surface area contributed by atoms with Crippen LogP contribution < -0.4 is 4.74 Å². The fourth-order valence-corrected chi connectivity index (χ4v) is 4.42. The van der Waals surface area contributed by atoms with Crippen molar-refractivity contribution in [1.82, 2.24) is 14.8 Å². The molecule has 1 saturated heterocycles. The number of pyridine rings is 1. The van der Waals surface area contributed by atoms with Gasteiger partial charge < -0.3 is 19.6 Å². The summed E-state index contributed by atoms with van der Waals surface area (Å²) in [5.74, 6) is 0.696. The third-order valence-electron chi connectivity index (χ3n) is 5.90. The van der Waals surface area contributed by atoms with Crippen molar-refractivity contribution in [2.45, 2.75) is 63.6 Å². The summed E-state index contributed by atoms with van der Waals surface area (Å²) in [4.78, 5) is 19.8. The van der Waals surface area contributed by atoms with Gasteiger partial charge >= 0.3 is 6.09 Å². The molecule has 2 aliphatic heterocycles. The third-order valence-corrected chi connectivity index (χ3v) is 5.90. The number of aromatic nitrogens is 1. The van der Waals surface area contributed by atoms with Gasteiger partial charge in [-0.05, 0) is 31.2 Å². The lowest BCUT2D eigenvalue weighted by Crippen LogP contribution is -2.43. The minimum absolute atomic E-state index is 0.252. The first-order valence-corrected chi connectivity index (χ1v) is 9.56. The molecule has 1 aromatic rings. The second-order valence-corrected chi connectivity index (χ2v) is 7.50. The Labute approximate surface area is 148 Å². The van der Waals surface area contributed by atoms with Crippen molar-refractivity contribution in [2.75, 3.05) is 19.6 Å². The molecule has 1 saturated carbocycles. The Balaban J connectivity index is 1.32. The number of piperidine rings is 1. The van der Waals surface area contributed by atoms with Crippen molar-refractivity contribution in [3.05, 3.63) is 23.4 Å². The summed E-state index contributed by atoms with van der Waals surface area (Å²) in [6.07, 6.45) is 7.71. The van der Waals surface area contributed by atoms with E-state index in [1.54, 1.807) is 0 Å². The summed E-state index contributed by atoms with van der Waals surface area (Å²) in [5.41, 5.74) is 1.98. The Bertz CT molecular complexity index is 622. The Morgan fingerprint density at radius 1 is 1.12 bits per heavy atom. The predicted octanol–water partition coefficient (Wildman–Crippen LogP) is 2.90. The maximum atomic E-state index is 11.1. The third kappa shape index (κ3) is 3.73. The van der Waals surface area contributed by atoms with E-state index < -0.39 is 6.09 Å². The number of carboxylic acid groups (broad SMARTS) is 1. The maximum absolute atomic E-state index is 11.1. The Hall–Kier alpha value is -1.82. The van der Waals surface area contributed by atoms with Gasteiger partial charge in [-0.25, -0.2) is 9.78 Å². The van der Waals surface area contributed by atoms with Gasteiger partial charge in [-0.15, -0.1) is 0 Å². The van der Waals surface area contributed by atoms with Crippen LogP contribution in [0.4, 0.5) is 4.79 Å². The van der Waals surface area contributed by atoms with Crippen LogP contribution in [-0.2, 0) is 13.0 Å². The summed E-state index contributed by atoms with van der Waals surface area (Å²) in [6, 6.07) is 4.67. The summed E-state index contributed by atoms with van der Waals surface area (Å²) in [6.45, 7) is 3.21. The van der Waals surface area contributed by atoms with Crippen molar-refractivity contribution in [2.24, 2.45) is 0 Å². The van der Waals surface area contributed by atoms with E-state index in [2.05, 4.69) is 9.88 Å². The van der Waals surface area contributed by atoms with E-state index in [1.807, 2.05) is 12.1 Å². The number of ether oxygens (including phenoxy) is 1. The van der Waals surface area contributed by atoms with Gasteiger partial charge in [0, 0.05) is 38.2 Å². The van der Waals surface area contributed by atoms with E-state index in [0.29, 0.717) is 25.4 Å². The molecule has 1 aromatic heterocycles. The van der Waals surface area contributed by atoms with Gasteiger partial charge in [-0.2, -0.15) is 0 Å². The standard InChI is InChI=1S/C19H27N3O3/c23-19(24)22-12-9-17-14(13-22)5-6-18(20-17)25-16-7-10-21(11-8-16)15-3-1-2-4-15/h5-6,15-16H,1-4,7-13H2,(H,23,24). The molecule has 4 rings (SSSR count). The first kappa shape index (κ1) is 16.6. The van der Waals surface area contributed by atoms with Gasteiger partial charge in [-0.1, -0.05) is 18.9 Å². The average molecular weight is 345 g/mol. The number of nitrogens with zero attached hydrogens (tertiary/aromatic N) is 3. The molecule has 1 aliphatic carbocycles.